The minimum absolute atomic E-state index is 0.0265. The molecule has 0 aliphatic rings. The molecule has 0 saturated carbocycles. The van der Waals surface area contributed by atoms with Crippen molar-refractivity contribution in [2.24, 2.45) is 0 Å². The fourth-order valence-electron chi connectivity index (χ4n) is 3.18. The predicted octanol–water partition coefficient (Wildman–Crippen LogP) is 3.89. The number of anilines is 1. The molecule has 7 nitrogen and oxygen atoms in total. The van der Waals surface area contributed by atoms with Gasteiger partial charge in [-0.1, -0.05) is 38.1 Å². The van der Waals surface area contributed by atoms with E-state index in [2.05, 4.69) is 29.8 Å². The summed E-state index contributed by atoms with van der Waals surface area (Å²) in [6.45, 7) is 8.66. The van der Waals surface area contributed by atoms with Gasteiger partial charge in [-0.15, -0.1) is 0 Å². The molecule has 0 aliphatic heterocycles. The summed E-state index contributed by atoms with van der Waals surface area (Å²) in [5, 5.41) is 17.2. The summed E-state index contributed by atoms with van der Waals surface area (Å²) < 4.78 is 0. The summed E-state index contributed by atoms with van der Waals surface area (Å²) in [4.78, 5) is 36.3. The molecule has 0 spiro atoms. The zero-order valence-electron chi connectivity index (χ0n) is 17.1. The predicted molar refractivity (Wildman–Crippen MR) is 113 cm³/mol. The van der Waals surface area contributed by atoms with Gasteiger partial charge < -0.3 is 15.7 Å². The summed E-state index contributed by atoms with van der Waals surface area (Å²) in [7, 11) is 0. The quantitative estimate of drug-likeness (QED) is 0.567. The number of para-hydroxylation sites is 1. The summed E-state index contributed by atoms with van der Waals surface area (Å²) in [5.74, 6) is -1.52. The third-order valence-corrected chi connectivity index (χ3v) is 4.61. The smallest absolute Gasteiger partial charge is 0.337 e. The van der Waals surface area contributed by atoms with Crippen LogP contribution in [0.5, 0.6) is 0 Å². The van der Waals surface area contributed by atoms with E-state index in [0.29, 0.717) is 12.5 Å². The number of carbonyl (C=O) groups is 3. The average molecular weight is 397 g/mol. The number of hydrogen-bond acceptors (Lipinski definition) is 4. The normalized spacial score (nSPS) is 10.5. The molecule has 0 heterocycles. The maximum absolute atomic E-state index is 12.6. The average Bonchev–Trinajstić information content (AvgIpc) is 2.66. The third kappa shape index (κ3) is 5.34. The Morgan fingerprint density at radius 3 is 2.31 bits per heavy atom. The Balaban J connectivity index is 2.14. The second kappa shape index (κ2) is 9.73. The standard InChI is InChI=1S/C22H27N3O4/c1-5-23-19-16(10-7-11-17(19)21(27)28)20(26)25-22(29)24-12-18-14(4)8-6-9-15(18)13(2)3/h6-11,13,23H,5,12H2,1-4H3,(H,27,28)(H2,24,25,26,29). The van der Waals surface area contributed by atoms with E-state index in [-0.39, 0.29) is 23.4 Å². The topological polar surface area (TPSA) is 108 Å². The molecule has 2 aromatic rings. The lowest BCUT2D eigenvalue weighted by molar-refractivity contribution is 0.0698. The van der Waals surface area contributed by atoms with Crippen LogP contribution in [0.2, 0.25) is 0 Å². The van der Waals surface area contributed by atoms with Gasteiger partial charge in [0, 0.05) is 13.1 Å². The van der Waals surface area contributed by atoms with Crippen LogP contribution in [0.3, 0.4) is 0 Å². The van der Waals surface area contributed by atoms with Crippen LogP contribution in [0.1, 0.15) is 64.1 Å². The Hall–Kier alpha value is -3.35. The summed E-state index contributed by atoms with van der Waals surface area (Å²) in [5.41, 5.74) is 3.48. The van der Waals surface area contributed by atoms with Crippen molar-refractivity contribution in [3.8, 4) is 0 Å². The number of hydrogen-bond donors (Lipinski definition) is 4. The van der Waals surface area contributed by atoms with Crippen molar-refractivity contribution in [1.82, 2.24) is 10.6 Å². The monoisotopic (exact) mass is 397 g/mol. The highest BCUT2D eigenvalue weighted by Crippen LogP contribution is 2.23. The molecule has 0 radical (unpaired) electrons. The van der Waals surface area contributed by atoms with Crippen LogP contribution in [-0.2, 0) is 6.54 Å². The van der Waals surface area contributed by atoms with Gasteiger partial charge in [-0.3, -0.25) is 10.1 Å². The van der Waals surface area contributed by atoms with Crippen LogP contribution in [0.25, 0.3) is 0 Å². The Morgan fingerprint density at radius 2 is 1.69 bits per heavy atom. The second-order valence-electron chi connectivity index (χ2n) is 7.00. The minimum Gasteiger partial charge on any atom is -0.478 e. The van der Waals surface area contributed by atoms with Crippen molar-refractivity contribution in [2.75, 3.05) is 11.9 Å². The third-order valence-electron chi connectivity index (χ3n) is 4.61. The van der Waals surface area contributed by atoms with Gasteiger partial charge in [-0.05, 0) is 48.6 Å². The molecular formula is C22H27N3O4. The number of benzene rings is 2. The van der Waals surface area contributed by atoms with E-state index in [1.807, 2.05) is 25.1 Å². The van der Waals surface area contributed by atoms with Crippen molar-refractivity contribution >= 4 is 23.6 Å². The highest BCUT2D eigenvalue weighted by Gasteiger charge is 2.20. The van der Waals surface area contributed by atoms with Gasteiger partial charge >= 0.3 is 12.0 Å². The van der Waals surface area contributed by atoms with E-state index in [0.717, 1.165) is 16.7 Å². The molecule has 2 rings (SSSR count). The van der Waals surface area contributed by atoms with Gasteiger partial charge in [0.25, 0.3) is 5.91 Å². The van der Waals surface area contributed by atoms with Gasteiger partial charge in [0.1, 0.15) is 0 Å². The number of nitrogens with one attached hydrogen (secondary N) is 3. The van der Waals surface area contributed by atoms with E-state index in [4.69, 9.17) is 0 Å². The molecule has 29 heavy (non-hydrogen) atoms. The zero-order chi connectivity index (χ0) is 21.6. The molecule has 0 saturated heterocycles. The Bertz CT molecular complexity index is 922. The van der Waals surface area contributed by atoms with Crippen molar-refractivity contribution in [3.05, 3.63) is 64.2 Å². The van der Waals surface area contributed by atoms with Crippen LogP contribution in [0, 0.1) is 6.92 Å². The number of rotatable bonds is 7. The number of aromatic carboxylic acids is 1. The lowest BCUT2D eigenvalue weighted by atomic mass is 9.94. The van der Waals surface area contributed by atoms with Crippen LogP contribution in [-0.4, -0.2) is 29.6 Å². The second-order valence-corrected chi connectivity index (χ2v) is 7.00. The van der Waals surface area contributed by atoms with E-state index in [1.54, 1.807) is 6.92 Å². The SMILES string of the molecule is CCNc1c(C(=O)O)cccc1C(=O)NC(=O)NCc1c(C)cccc1C(C)C. The highest BCUT2D eigenvalue weighted by molar-refractivity contribution is 6.10. The Labute approximate surface area is 170 Å². The maximum atomic E-state index is 12.6. The largest absolute Gasteiger partial charge is 0.478 e. The van der Waals surface area contributed by atoms with Gasteiger partial charge in [-0.25, -0.2) is 9.59 Å². The Kier molecular flexibility index (Phi) is 7.36. The molecule has 0 atom stereocenters. The fourth-order valence-corrected chi connectivity index (χ4v) is 3.18. The van der Waals surface area contributed by atoms with Gasteiger partial charge in [0.05, 0.1) is 16.8 Å². The molecule has 0 fully saturated rings. The molecule has 0 bridgehead atoms. The van der Waals surface area contributed by atoms with Gasteiger partial charge in [0.15, 0.2) is 0 Å². The molecule has 0 aliphatic carbocycles. The van der Waals surface area contributed by atoms with Gasteiger partial charge in [-0.2, -0.15) is 0 Å². The first-order valence-corrected chi connectivity index (χ1v) is 9.54. The highest BCUT2D eigenvalue weighted by atomic mass is 16.4. The summed E-state index contributed by atoms with van der Waals surface area (Å²) in [6, 6.07) is 9.70. The van der Waals surface area contributed by atoms with Crippen LogP contribution >= 0.6 is 0 Å². The lowest BCUT2D eigenvalue weighted by Crippen LogP contribution is -2.39. The number of amides is 3. The first-order chi connectivity index (χ1) is 13.8. The van der Waals surface area contributed by atoms with Crippen molar-refractivity contribution in [3.63, 3.8) is 0 Å². The molecule has 2 aromatic carbocycles. The first kappa shape index (κ1) is 21.9. The molecular weight excluding hydrogens is 370 g/mol. The van der Waals surface area contributed by atoms with E-state index in [9.17, 15) is 19.5 Å². The van der Waals surface area contributed by atoms with E-state index >= 15 is 0 Å². The van der Waals surface area contributed by atoms with Crippen LogP contribution < -0.4 is 16.0 Å². The first-order valence-electron chi connectivity index (χ1n) is 9.54. The molecule has 7 heteroatoms. The fraction of sp³-hybridized carbons (Fsp3) is 0.318. The zero-order valence-corrected chi connectivity index (χ0v) is 17.1. The van der Waals surface area contributed by atoms with Crippen molar-refractivity contribution in [1.29, 1.82) is 0 Å². The van der Waals surface area contributed by atoms with E-state index in [1.165, 1.54) is 18.2 Å². The molecule has 4 N–H and O–H groups in total. The van der Waals surface area contributed by atoms with Crippen LogP contribution in [0.4, 0.5) is 10.5 Å². The molecule has 154 valence electrons. The van der Waals surface area contributed by atoms with Crippen molar-refractivity contribution < 1.29 is 19.5 Å². The lowest BCUT2D eigenvalue weighted by Gasteiger charge is -2.17. The maximum Gasteiger partial charge on any atom is 0.337 e. The summed E-state index contributed by atoms with van der Waals surface area (Å²) >= 11 is 0. The van der Waals surface area contributed by atoms with Crippen molar-refractivity contribution in [2.45, 2.75) is 40.2 Å². The number of carbonyl (C=O) groups excluding carboxylic acids is 2. The number of imide groups is 1. The van der Waals surface area contributed by atoms with E-state index < -0.39 is 17.9 Å². The number of urea groups is 1. The number of aryl methyl sites for hydroxylation is 1. The Morgan fingerprint density at radius 1 is 1.03 bits per heavy atom. The number of carboxylic acid groups (broad SMARTS) is 1. The van der Waals surface area contributed by atoms with Gasteiger partial charge in [0.2, 0.25) is 0 Å². The molecule has 0 aromatic heterocycles. The van der Waals surface area contributed by atoms with Crippen LogP contribution in [0.15, 0.2) is 36.4 Å². The number of carboxylic acids is 1. The molecule has 3 amide bonds. The minimum atomic E-state index is -1.15. The summed E-state index contributed by atoms with van der Waals surface area (Å²) in [6.07, 6.45) is 0. The molecule has 0 unspecified atom stereocenters.